The average molecular weight is 502 g/mol. The number of carbonyl (C=O) groups excluding carboxylic acids is 3. The van der Waals surface area contributed by atoms with Gasteiger partial charge in [-0.15, -0.1) is 0 Å². The first-order chi connectivity index (χ1) is 17.5. The number of benzene rings is 3. The lowest BCUT2D eigenvalue weighted by Gasteiger charge is -2.33. The number of hydrogen-bond acceptors (Lipinski definition) is 4. The van der Waals surface area contributed by atoms with Gasteiger partial charge in [0.05, 0.1) is 0 Å². The van der Waals surface area contributed by atoms with Gasteiger partial charge in [-0.2, -0.15) is 0 Å². The van der Waals surface area contributed by atoms with Gasteiger partial charge in [-0.25, -0.2) is 4.79 Å². The van der Waals surface area contributed by atoms with Crippen LogP contribution in [0.15, 0.2) is 60.7 Å². The summed E-state index contributed by atoms with van der Waals surface area (Å²) in [5, 5.41) is 7.70. The van der Waals surface area contributed by atoms with E-state index in [0.717, 1.165) is 40.3 Å². The van der Waals surface area contributed by atoms with Crippen molar-refractivity contribution in [3.63, 3.8) is 0 Å². The number of aryl methyl sites for hydroxylation is 2. The van der Waals surface area contributed by atoms with Crippen LogP contribution in [0.4, 0.5) is 10.5 Å². The zero-order chi connectivity index (χ0) is 26.7. The molecule has 0 aliphatic heterocycles. The Morgan fingerprint density at radius 1 is 0.973 bits per heavy atom. The van der Waals surface area contributed by atoms with Crippen molar-refractivity contribution in [2.24, 2.45) is 0 Å². The second kappa shape index (κ2) is 10.6. The van der Waals surface area contributed by atoms with Gasteiger partial charge in [0.25, 0.3) is 5.91 Å². The Kier molecular flexibility index (Phi) is 7.52. The summed E-state index contributed by atoms with van der Waals surface area (Å²) in [5.41, 5.74) is 2.68. The first-order valence-electron chi connectivity index (χ1n) is 12.7. The summed E-state index contributed by atoms with van der Waals surface area (Å²) in [5.74, 6) is -0.616. The molecule has 1 aliphatic rings. The van der Waals surface area contributed by atoms with E-state index in [2.05, 4.69) is 10.6 Å². The molecule has 3 amide bonds. The molecule has 4 rings (SSSR count). The largest absolute Gasteiger partial charge is 0.444 e. The van der Waals surface area contributed by atoms with Gasteiger partial charge in [0.15, 0.2) is 0 Å². The molecule has 7 heteroatoms. The topological polar surface area (TPSA) is 87.7 Å². The molecule has 2 N–H and O–H groups in total. The molecule has 0 heterocycles. The number of nitrogens with one attached hydrogen (secondary N) is 2. The quantitative estimate of drug-likeness (QED) is 0.438. The molecule has 0 aromatic heterocycles. The van der Waals surface area contributed by atoms with E-state index in [4.69, 9.17) is 4.74 Å². The van der Waals surface area contributed by atoms with Crippen molar-refractivity contribution in [1.82, 2.24) is 10.2 Å². The van der Waals surface area contributed by atoms with Gasteiger partial charge >= 0.3 is 6.09 Å². The number of nitrogens with zero attached hydrogens (tertiary/aromatic N) is 1. The Hall–Kier alpha value is -3.87. The van der Waals surface area contributed by atoms with Crippen molar-refractivity contribution in [3.05, 3.63) is 77.4 Å². The summed E-state index contributed by atoms with van der Waals surface area (Å²) in [6.45, 7) is 8.94. The predicted molar refractivity (Wildman–Crippen MR) is 145 cm³/mol. The highest BCUT2D eigenvalue weighted by molar-refractivity contribution is 6.00. The van der Waals surface area contributed by atoms with Crippen LogP contribution in [0.25, 0.3) is 10.8 Å². The number of ether oxygens (including phenoxy) is 1. The molecule has 1 fully saturated rings. The Labute approximate surface area is 218 Å². The van der Waals surface area contributed by atoms with E-state index in [1.807, 2.05) is 74.5 Å². The molecule has 7 nitrogen and oxygen atoms in total. The van der Waals surface area contributed by atoms with Crippen LogP contribution in [-0.2, 0) is 14.3 Å². The van der Waals surface area contributed by atoms with Crippen LogP contribution in [0.5, 0.6) is 0 Å². The number of amides is 3. The van der Waals surface area contributed by atoms with Crippen LogP contribution in [0.1, 0.15) is 56.3 Å². The lowest BCUT2D eigenvalue weighted by molar-refractivity contribution is -0.139. The molecule has 0 bridgehead atoms. The minimum absolute atomic E-state index is 0.0693. The molecular weight excluding hydrogens is 466 g/mol. The fourth-order valence-electron chi connectivity index (χ4n) is 4.41. The summed E-state index contributed by atoms with van der Waals surface area (Å²) >= 11 is 0. The van der Waals surface area contributed by atoms with Gasteiger partial charge in [-0.05, 0) is 81.5 Å². The van der Waals surface area contributed by atoms with Crippen LogP contribution < -0.4 is 10.6 Å². The highest BCUT2D eigenvalue weighted by Crippen LogP contribution is 2.37. The van der Waals surface area contributed by atoms with E-state index in [9.17, 15) is 14.4 Å². The van der Waals surface area contributed by atoms with Crippen molar-refractivity contribution in [1.29, 1.82) is 0 Å². The maximum absolute atomic E-state index is 13.9. The zero-order valence-electron chi connectivity index (χ0n) is 22.1. The van der Waals surface area contributed by atoms with Crippen molar-refractivity contribution in [2.45, 2.75) is 65.1 Å². The van der Waals surface area contributed by atoms with E-state index in [0.29, 0.717) is 5.69 Å². The van der Waals surface area contributed by atoms with Crippen molar-refractivity contribution < 1.29 is 19.1 Å². The van der Waals surface area contributed by atoms with E-state index in [-0.39, 0.29) is 24.4 Å². The second-order valence-corrected chi connectivity index (χ2v) is 10.7. The van der Waals surface area contributed by atoms with Crippen molar-refractivity contribution >= 4 is 34.4 Å². The van der Waals surface area contributed by atoms with E-state index < -0.39 is 17.7 Å². The average Bonchev–Trinajstić information content (AvgIpc) is 3.66. The van der Waals surface area contributed by atoms with E-state index in [1.165, 1.54) is 0 Å². The zero-order valence-corrected chi connectivity index (χ0v) is 22.1. The normalized spacial score (nSPS) is 14.1. The number of alkyl carbamates (subject to hydrolysis) is 1. The van der Waals surface area contributed by atoms with Crippen LogP contribution in [0.3, 0.4) is 0 Å². The Bertz CT molecular complexity index is 1320. The second-order valence-electron chi connectivity index (χ2n) is 10.7. The Balaban J connectivity index is 1.64. The maximum atomic E-state index is 13.9. The first kappa shape index (κ1) is 26.2. The van der Waals surface area contributed by atoms with Crippen LogP contribution in [-0.4, -0.2) is 41.0 Å². The number of carbonyl (C=O) groups is 3. The molecule has 1 aliphatic carbocycles. The fraction of sp³-hybridized carbons (Fsp3) is 0.367. The molecule has 0 saturated heterocycles. The van der Waals surface area contributed by atoms with Gasteiger partial charge in [0.2, 0.25) is 5.91 Å². The molecule has 194 valence electrons. The summed E-state index contributed by atoms with van der Waals surface area (Å²) in [6, 6.07) is 18.7. The van der Waals surface area contributed by atoms with Crippen LogP contribution in [0, 0.1) is 13.8 Å². The smallest absolute Gasteiger partial charge is 0.408 e. The minimum atomic E-state index is -0.841. The predicted octanol–water partition coefficient (Wildman–Crippen LogP) is 5.65. The SMILES string of the molecule is Cc1ccc(C)c(C(C(=O)Nc2ccc3ccccc3c2)N(C(=O)CNC(=O)OC(C)(C)C)C2CC2)c1. The third-order valence-corrected chi connectivity index (χ3v) is 6.28. The molecule has 37 heavy (non-hydrogen) atoms. The molecule has 1 atom stereocenters. The minimum Gasteiger partial charge on any atom is -0.444 e. The van der Waals surface area contributed by atoms with Gasteiger partial charge in [-0.1, -0.05) is 54.1 Å². The summed E-state index contributed by atoms with van der Waals surface area (Å²) in [4.78, 5) is 41.3. The van der Waals surface area contributed by atoms with Gasteiger partial charge in [0.1, 0.15) is 18.2 Å². The Morgan fingerprint density at radius 3 is 2.35 bits per heavy atom. The summed E-state index contributed by atoms with van der Waals surface area (Å²) in [6.07, 6.45) is 0.950. The lowest BCUT2D eigenvalue weighted by atomic mass is 9.96. The summed E-state index contributed by atoms with van der Waals surface area (Å²) in [7, 11) is 0. The molecule has 0 radical (unpaired) electrons. The molecule has 3 aromatic carbocycles. The van der Waals surface area contributed by atoms with Gasteiger partial charge in [0, 0.05) is 11.7 Å². The molecule has 1 unspecified atom stereocenters. The third kappa shape index (κ3) is 6.67. The number of anilines is 1. The van der Waals surface area contributed by atoms with E-state index >= 15 is 0 Å². The third-order valence-electron chi connectivity index (χ3n) is 6.28. The monoisotopic (exact) mass is 501 g/mol. The summed E-state index contributed by atoms with van der Waals surface area (Å²) < 4.78 is 5.29. The molecular formula is C30H35N3O4. The van der Waals surface area contributed by atoms with Gasteiger partial charge in [-0.3, -0.25) is 9.59 Å². The lowest BCUT2D eigenvalue weighted by Crippen LogP contribution is -2.47. The molecule has 3 aromatic rings. The van der Waals surface area contributed by atoms with Crippen molar-refractivity contribution in [2.75, 3.05) is 11.9 Å². The molecule has 1 saturated carbocycles. The molecule has 0 spiro atoms. The van der Waals surface area contributed by atoms with Gasteiger partial charge < -0.3 is 20.3 Å². The fourth-order valence-corrected chi connectivity index (χ4v) is 4.41. The first-order valence-corrected chi connectivity index (χ1v) is 12.7. The highest BCUT2D eigenvalue weighted by atomic mass is 16.6. The number of hydrogen-bond donors (Lipinski definition) is 2. The standard InChI is InChI=1S/C30H35N3O4/c1-19-10-11-20(2)25(16-19)27(28(35)32-23-13-12-21-8-6-7-9-22(21)17-23)33(24-14-15-24)26(34)18-31-29(36)37-30(3,4)5/h6-13,16-17,24,27H,14-15,18H2,1-5H3,(H,31,36)(H,32,35). The van der Waals surface area contributed by atoms with Crippen LogP contribution in [0.2, 0.25) is 0 Å². The number of rotatable bonds is 7. The highest BCUT2D eigenvalue weighted by Gasteiger charge is 2.42. The van der Waals surface area contributed by atoms with Crippen molar-refractivity contribution in [3.8, 4) is 0 Å². The Morgan fingerprint density at radius 2 is 1.68 bits per heavy atom. The van der Waals surface area contributed by atoms with E-state index in [1.54, 1.807) is 25.7 Å². The number of fused-ring (bicyclic) bond motifs is 1. The van der Waals surface area contributed by atoms with Crippen LogP contribution >= 0.6 is 0 Å². The maximum Gasteiger partial charge on any atom is 0.408 e.